The molecule has 0 radical (unpaired) electrons. The van der Waals surface area contributed by atoms with E-state index in [4.69, 9.17) is 5.26 Å². The lowest BCUT2D eigenvalue weighted by Gasteiger charge is -2.34. The van der Waals surface area contributed by atoms with Gasteiger partial charge in [-0.1, -0.05) is 13.0 Å². The zero-order valence-corrected chi connectivity index (χ0v) is 17.0. The number of carboxylic acid groups (broad SMARTS) is 1. The van der Waals surface area contributed by atoms with Gasteiger partial charge in [-0.25, -0.2) is 0 Å². The lowest BCUT2D eigenvalue weighted by molar-refractivity contribution is -0.142. The summed E-state index contributed by atoms with van der Waals surface area (Å²) in [6, 6.07) is 6.91. The van der Waals surface area contributed by atoms with Crippen LogP contribution in [0.4, 0.5) is 11.4 Å². The summed E-state index contributed by atoms with van der Waals surface area (Å²) in [5, 5.41) is 24.3. The van der Waals surface area contributed by atoms with Crippen LogP contribution in [0.5, 0.6) is 0 Å². The fourth-order valence-corrected chi connectivity index (χ4v) is 3.49. The van der Waals surface area contributed by atoms with Crippen molar-refractivity contribution in [2.75, 3.05) is 29.9 Å². The molecule has 2 aliphatic rings. The molecule has 0 spiro atoms. The maximum Gasteiger partial charge on any atom is 0.313 e. The van der Waals surface area contributed by atoms with Crippen molar-refractivity contribution < 1.29 is 14.7 Å². The number of hydrogen-bond donors (Lipinski definition) is 3. The Labute approximate surface area is 170 Å². The van der Waals surface area contributed by atoms with Crippen molar-refractivity contribution in [1.29, 1.82) is 5.26 Å². The predicted molar refractivity (Wildman–Crippen MR) is 111 cm³/mol. The standard InChI is InChI=1S/C21H27N5O3/c1-13-6-8-26(9-7-13)17-10-14(21(2,3)20(28)29)4-5-16(17)25-19(27)18-23-12-15(11-22)24-18/h4-5,10,13,15H,6-9,12H2,1-3H3,(H,23,24)(H,25,27)(H,28,29). The Hall–Kier alpha value is -3.08. The van der Waals surface area contributed by atoms with E-state index < -0.39 is 23.3 Å². The summed E-state index contributed by atoms with van der Waals surface area (Å²) >= 11 is 0. The number of carbonyl (C=O) groups excluding carboxylic acids is 1. The van der Waals surface area contributed by atoms with E-state index in [1.165, 1.54) is 0 Å². The maximum atomic E-state index is 12.6. The third kappa shape index (κ3) is 4.34. The quantitative estimate of drug-likeness (QED) is 0.700. The van der Waals surface area contributed by atoms with Crippen LogP contribution in [-0.4, -0.2) is 48.5 Å². The summed E-state index contributed by atoms with van der Waals surface area (Å²) in [6.07, 6.45) is 2.08. The Morgan fingerprint density at radius 2 is 2.03 bits per heavy atom. The number of benzene rings is 1. The molecule has 2 heterocycles. The van der Waals surface area contributed by atoms with Crippen molar-refractivity contribution in [1.82, 2.24) is 5.32 Å². The number of hydrogen-bond acceptors (Lipinski definition) is 6. The number of nitriles is 1. The fraction of sp³-hybridized carbons (Fsp3) is 0.524. The van der Waals surface area contributed by atoms with Gasteiger partial charge < -0.3 is 20.6 Å². The first kappa shape index (κ1) is 20.6. The molecular weight excluding hydrogens is 370 g/mol. The van der Waals surface area contributed by atoms with E-state index in [0.29, 0.717) is 17.2 Å². The first-order valence-corrected chi connectivity index (χ1v) is 9.87. The van der Waals surface area contributed by atoms with Crippen LogP contribution in [0.1, 0.15) is 39.2 Å². The second-order valence-electron chi connectivity index (χ2n) is 8.30. The molecule has 1 atom stereocenters. The van der Waals surface area contributed by atoms with Crippen LogP contribution in [0.3, 0.4) is 0 Å². The molecule has 0 saturated carbocycles. The van der Waals surface area contributed by atoms with Gasteiger partial charge in [0.15, 0.2) is 5.84 Å². The van der Waals surface area contributed by atoms with E-state index >= 15 is 0 Å². The summed E-state index contributed by atoms with van der Waals surface area (Å²) in [5.41, 5.74) is 1.06. The van der Waals surface area contributed by atoms with Gasteiger partial charge in [-0.15, -0.1) is 0 Å². The summed E-state index contributed by atoms with van der Waals surface area (Å²) in [4.78, 5) is 30.6. The smallest absolute Gasteiger partial charge is 0.313 e. The monoisotopic (exact) mass is 397 g/mol. The van der Waals surface area contributed by atoms with Gasteiger partial charge in [-0.3, -0.25) is 14.6 Å². The molecule has 1 saturated heterocycles. The van der Waals surface area contributed by atoms with Crippen LogP contribution >= 0.6 is 0 Å². The Bertz CT molecular complexity index is 879. The first-order chi connectivity index (χ1) is 13.7. The normalized spacial score (nSPS) is 19.9. The predicted octanol–water partition coefficient (Wildman–Crippen LogP) is 2.12. The highest BCUT2D eigenvalue weighted by molar-refractivity contribution is 6.42. The Morgan fingerprint density at radius 3 is 2.62 bits per heavy atom. The number of carboxylic acids is 1. The molecule has 154 valence electrons. The minimum atomic E-state index is -1.04. The summed E-state index contributed by atoms with van der Waals surface area (Å²) in [6.45, 7) is 7.50. The highest BCUT2D eigenvalue weighted by Crippen LogP contribution is 2.35. The average molecular weight is 397 g/mol. The summed E-state index contributed by atoms with van der Waals surface area (Å²) in [7, 11) is 0. The molecular formula is C21H27N5O3. The Morgan fingerprint density at radius 1 is 1.34 bits per heavy atom. The summed E-state index contributed by atoms with van der Waals surface area (Å²) in [5.74, 6) is -0.521. The van der Waals surface area contributed by atoms with Crippen molar-refractivity contribution >= 4 is 29.1 Å². The van der Waals surface area contributed by atoms with Crippen molar-refractivity contribution in [3.8, 4) is 6.07 Å². The lowest BCUT2D eigenvalue weighted by atomic mass is 9.84. The van der Waals surface area contributed by atoms with Gasteiger partial charge in [0, 0.05) is 13.1 Å². The number of piperidine rings is 1. The minimum absolute atomic E-state index is 0.143. The topological polar surface area (TPSA) is 118 Å². The van der Waals surface area contributed by atoms with E-state index in [1.807, 2.05) is 12.1 Å². The highest BCUT2D eigenvalue weighted by atomic mass is 16.4. The molecule has 1 amide bonds. The van der Waals surface area contributed by atoms with Gasteiger partial charge in [0.05, 0.1) is 29.4 Å². The highest BCUT2D eigenvalue weighted by Gasteiger charge is 2.31. The second kappa shape index (κ2) is 8.11. The van der Waals surface area contributed by atoms with E-state index in [1.54, 1.807) is 26.0 Å². The molecule has 3 rings (SSSR count). The minimum Gasteiger partial charge on any atom is -0.481 e. The number of nitrogens with zero attached hydrogens (tertiary/aromatic N) is 3. The van der Waals surface area contributed by atoms with Crippen LogP contribution < -0.4 is 15.5 Å². The van der Waals surface area contributed by atoms with E-state index in [-0.39, 0.29) is 12.4 Å². The van der Waals surface area contributed by atoms with Crippen LogP contribution in [0.2, 0.25) is 0 Å². The molecule has 1 unspecified atom stereocenters. The van der Waals surface area contributed by atoms with Gasteiger partial charge in [-0.05, 0) is 50.3 Å². The molecule has 1 aromatic rings. The van der Waals surface area contributed by atoms with Crippen LogP contribution in [0.15, 0.2) is 23.2 Å². The Kier molecular flexibility index (Phi) is 5.78. The van der Waals surface area contributed by atoms with E-state index in [2.05, 4.69) is 27.4 Å². The van der Waals surface area contributed by atoms with Crippen LogP contribution in [0.25, 0.3) is 0 Å². The number of aliphatic imine (C=N–C) groups is 1. The molecule has 0 aromatic heterocycles. The molecule has 8 nitrogen and oxygen atoms in total. The molecule has 2 aliphatic heterocycles. The van der Waals surface area contributed by atoms with Gasteiger partial charge in [-0.2, -0.15) is 5.26 Å². The largest absolute Gasteiger partial charge is 0.481 e. The number of anilines is 2. The van der Waals surface area contributed by atoms with Crippen molar-refractivity contribution in [3.63, 3.8) is 0 Å². The summed E-state index contributed by atoms with van der Waals surface area (Å²) < 4.78 is 0. The van der Waals surface area contributed by atoms with Gasteiger partial charge in [0.2, 0.25) is 0 Å². The van der Waals surface area contributed by atoms with Crippen molar-refractivity contribution in [2.24, 2.45) is 10.9 Å². The van der Waals surface area contributed by atoms with Gasteiger partial charge in [0.25, 0.3) is 5.91 Å². The SMILES string of the molecule is CC1CCN(c2cc(C(C)(C)C(=O)O)ccc2NC(=O)C2=NCC(C#N)N2)CC1. The van der Waals surface area contributed by atoms with E-state index in [0.717, 1.165) is 31.6 Å². The molecule has 1 fully saturated rings. The van der Waals surface area contributed by atoms with Crippen molar-refractivity contribution in [2.45, 2.75) is 45.1 Å². The van der Waals surface area contributed by atoms with Gasteiger partial charge >= 0.3 is 5.97 Å². The van der Waals surface area contributed by atoms with E-state index in [9.17, 15) is 14.7 Å². The van der Waals surface area contributed by atoms with Crippen molar-refractivity contribution in [3.05, 3.63) is 23.8 Å². The molecule has 29 heavy (non-hydrogen) atoms. The zero-order chi connectivity index (χ0) is 21.2. The third-order valence-corrected chi connectivity index (χ3v) is 5.74. The number of aliphatic carboxylic acids is 1. The number of nitrogens with one attached hydrogen (secondary N) is 2. The molecule has 3 N–H and O–H groups in total. The average Bonchev–Trinajstić information content (AvgIpc) is 3.18. The first-order valence-electron chi connectivity index (χ1n) is 9.87. The number of carbonyl (C=O) groups is 2. The lowest BCUT2D eigenvalue weighted by Crippen LogP contribution is -2.38. The second-order valence-corrected chi connectivity index (χ2v) is 8.30. The molecule has 8 heteroatoms. The number of rotatable bonds is 5. The Balaban J connectivity index is 1.90. The van der Waals surface area contributed by atoms with Crippen LogP contribution in [0, 0.1) is 17.2 Å². The molecule has 0 aliphatic carbocycles. The third-order valence-electron chi connectivity index (χ3n) is 5.74. The number of amides is 1. The maximum absolute atomic E-state index is 12.6. The molecule has 1 aromatic carbocycles. The van der Waals surface area contributed by atoms with Crippen LogP contribution in [-0.2, 0) is 15.0 Å². The molecule has 0 bridgehead atoms. The fourth-order valence-electron chi connectivity index (χ4n) is 3.49. The van der Waals surface area contributed by atoms with Gasteiger partial charge in [0.1, 0.15) is 6.04 Å². The number of amidine groups is 1. The zero-order valence-electron chi connectivity index (χ0n) is 17.0.